The molecule has 0 radical (unpaired) electrons. The molecule has 0 saturated carbocycles. The lowest BCUT2D eigenvalue weighted by atomic mass is 10.1. The second-order valence-electron chi connectivity index (χ2n) is 2.75. The van der Waals surface area contributed by atoms with E-state index in [2.05, 4.69) is 4.74 Å². The lowest BCUT2D eigenvalue weighted by Crippen LogP contribution is -1.94. The van der Waals surface area contributed by atoms with Crippen LogP contribution < -0.4 is 0 Å². The first-order chi connectivity index (χ1) is 7.17. The molecule has 1 rings (SSSR count). The van der Waals surface area contributed by atoms with Gasteiger partial charge in [-0.2, -0.15) is 0 Å². The van der Waals surface area contributed by atoms with Crippen LogP contribution in [0.4, 0.5) is 0 Å². The van der Waals surface area contributed by atoms with Crippen molar-refractivity contribution in [3.63, 3.8) is 0 Å². The molecule has 0 aliphatic heterocycles. The zero-order valence-electron chi connectivity index (χ0n) is 8.07. The van der Waals surface area contributed by atoms with E-state index >= 15 is 0 Å². The lowest BCUT2D eigenvalue weighted by Gasteiger charge is -1.99. The van der Waals surface area contributed by atoms with Gasteiger partial charge < -0.3 is 4.74 Å². The number of esters is 1. The molecule has 0 saturated heterocycles. The molecule has 0 bridgehead atoms. The number of carbonyl (C=O) groups is 2. The molecule has 1 aromatic rings. The normalized spacial score (nSPS) is 10.3. The van der Waals surface area contributed by atoms with Gasteiger partial charge in [-0.25, -0.2) is 4.79 Å². The van der Waals surface area contributed by atoms with Crippen molar-refractivity contribution in [2.45, 2.75) is 0 Å². The summed E-state index contributed by atoms with van der Waals surface area (Å²) < 4.78 is 4.43. The van der Waals surface area contributed by atoms with E-state index in [1.54, 1.807) is 12.1 Å². The summed E-state index contributed by atoms with van der Waals surface area (Å²) in [6, 6.07) is 4.84. The SMILES string of the molecule is COC(=O)/C=C/c1ccc(Cl)cc1C=O. The Hall–Kier alpha value is -1.61. The Kier molecular flexibility index (Phi) is 4.06. The van der Waals surface area contributed by atoms with Crippen molar-refractivity contribution in [3.8, 4) is 0 Å². The summed E-state index contributed by atoms with van der Waals surface area (Å²) in [6.45, 7) is 0. The number of carbonyl (C=O) groups excluding carboxylic acids is 2. The molecule has 0 atom stereocenters. The van der Waals surface area contributed by atoms with Gasteiger partial charge in [-0.05, 0) is 23.8 Å². The molecule has 4 heteroatoms. The van der Waals surface area contributed by atoms with Crippen molar-refractivity contribution in [1.29, 1.82) is 0 Å². The number of hydrogen-bond acceptors (Lipinski definition) is 3. The van der Waals surface area contributed by atoms with Crippen molar-refractivity contribution >= 4 is 29.9 Å². The van der Waals surface area contributed by atoms with Gasteiger partial charge in [0.15, 0.2) is 6.29 Å². The maximum absolute atomic E-state index is 10.8. The predicted octanol–water partition coefficient (Wildman–Crippen LogP) is 2.34. The van der Waals surface area contributed by atoms with Crippen molar-refractivity contribution < 1.29 is 14.3 Å². The van der Waals surface area contributed by atoms with Crippen LogP contribution in [-0.2, 0) is 9.53 Å². The molecule has 1 aromatic carbocycles. The molecule has 0 N–H and O–H groups in total. The van der Waals surface area contributed by atoms with Crippen molar-refractivity contribution in [3.05, 3.63) is 40.4 Å². The Morgan fingerprint density at radius 2 is 2.13 bits per heavy atom. The fourth-order valence-electron chi connectivity index (χ4n) is 1.03. The van der Waals surface area contributed by atoms with E-state index in [0.717, 1.165) is 0 Å². The highest BCUT2D eigenvalue weighted by molar-refractivity contribution is 6.30. The summed E-state index contributed by atoms with van der Waals surface area (Å²) in [5.74, 6) is -0.471. The molecule has 15 heavy (non-hydrogen) atoms. The van der Waals surface area contributed by atoms with Gasteiger partial charge in [0.25, 0.3) is 0 Å². The number of methoxy groups -OCH3 is 1. The monoisotopic (exact) mass is 224 g/mol. The molecule has 0 spiro atoms. The number of rotatable bonds is 3. The van der Waals surface area contributed by atoms with E-state index in [1.807, 2.05) is 0 Å². The summed E-state index contributed by atoms with van der Waals surface area (Å²) >= 11 is 5.71. The third kappa shape index (κ3) is 3.22. The highest BCUT2D eigenvalue weighted by Gasteiger charge is 2.00. The fourth-order valence-corrected chi connectivity index (χ4v) is 1.21. The Balaban J connectivity index is 2.99. The predicted molar refractivity (Wildman–Crippen MR) is 57.9 cm³/mol. The topological polar surface area (TPSA) is 43.4 Å². The van der Waals surface area contributed by atoms with Crippen LogP contribution in [-0.4, -0.2) is 19.4 Å². The first-order valence-corrected chi connectivity index (χ1v) is 4.56. The Bertz CT molecular complexity index is 410. The van der Waals surface area contributed by atoms with Crippen molar-refractivity contribution in [2.75, 3.05) is 7.11 Å². The molecule has 0 aliphatic carbocycles. The minimum Gasteiger partial charge on any atom is -0.466 e. The van der Waals surface area contributed by atoms with Gasteiger partial charge in [0.05, 0.1) is 7.11 Å². The van der Waals surface area contributed by atoms with Crippen LogP contribution in [0.1, 0.15) is 15.9 Å². The molecular weight excluding hydrogens is 216 g/mol. The summed E-state index contributed by atoms with van der Waals surface area (Å²) in [6.07, 6.45) is 3.44. The maximum Gasteiger partial charge on any atom is 0.330 e. The van der Waals surface area contributed by atoms with Crippen molar-refractivity contribution in [1.82, 2.24) is 0 Å². The highest BCUT2D eigenvalue weighted by atomic mass is 35.5. The van der Waals surface area contributed by atoms with Crippen molar-refractivity contribution in [2.24, 2.45) is 0 Å². The number of hydrogen-bond donors (Lipinski definition) is 0. The van der Waals surface area contributed by atoms with Crippen LogP contribution >= 0.6 is 11.6 Å². The molecular formula is C11H9ClO3. The van der Waals surface area contributed by atoms with E-state index in [1.165, 1.54) is 25.3 Å². The van der Waals surface area contributed by atoms with Gasteiger partial charge >= 0.3 is 5.97 Å². The van der Waals surface area contributed by atoms with Gasteiger partial charge in [-0.15, -0.1) is 0 Å². The Morgan fingerprint density at radius 3 is 2.73 bits per heavy atom. The van der Waals surface area contributed by atoms with Gasteiger partial charge in [-0.3, -0.25) is 4.79 Å². The lowest BCUT2D eigenvalue weighted by molar-refractivity contribution is -0.134. The smallest absolute Gasteiger partial charge is 0.330 e. The summed E-state index contributed by atoms with van der Waals surface area (Å²) in [5.41, 5.74) is 1.06. The average Bonchev–Trinajstić information content (AvgIpc) is 2.26. The van der Waals surface area contributed by atoms with Crippen LogP contribution in [0.2, 0.25) is 5.02 Å². The number of ether oxygens (including phenoxy) is 1. The summed E-state index contributed by atoms with van der Waals surface area (Å²) in [5, 5.41) is 0.479. The number of aldehydes is 1. The fraction of sp³-hybridized carbons (Fsp3) is 0.0909. The highest BCUT2D eigenvalue weighted by Crippen LogP contribution is 2.15. The first-order valence-electron chi connectivity index (χ1n) is 4.18. The quantitative estimate of drug-likeness (QED) is 0.450. The molecule has 0 unspecified atom stereocenters. The summed E-state index contributed by atoms with van der Waals surface area (Å²) in [4.78, 5) is 21.5. The van der Waals surface area contributed by atoms with E-state index in [4.69, 9.17) is 11.6 Å². The number of halogens is 1. The minimum atomic E-state index is -0.471. The third-order valence-electron chi connectivity index (χ3n) is 1.78. The molecule has 0 aliphatic rings. The molecule has 0 fully saturated rings. The zero-order valence-corrected chi connectivity index (χ0v) is 8.82. The standard InChI is InChI=1S/C11H9ClO3/c1-15-11(14)5-3-8-2-4-10(12)6-9(8)7-13/h2-7H,1H3/b5-3+. The van der Waals surface area contributed by atoms with Gasteiger partial charge in [0.2, 0.25) is 0 Å². The zero-order chi connectivity index (χ0) is 11.3. The average molecular weight is 225 g/mol. The Labute approximate surface area is 92.3 Å². The van der Waals surface area contributed by atoms with E-state index in [-0.39, 0.29) is 0 Å². The minimum absolute atomic E-state index is 0.433. The first kappa shape index (κ1) is 11.5. The van der Waals surface area contributed by atoms with E-state index in [9.17, 15) is 9.59 Å². The number of benzene rings is 1. The largest absolute Gasteiger partial charge is 0.466 e. The second-order valence-corrected chi connectivity index (χ2v) is 3.18. The molecule has 0 amide bonds. The molecule has 0 heterocycles. The molecule has 3 nitrogen and oxygen atoms in total. The van der Waals surface area contributed by atoms with Gasteiger partial charge in [-0.1, -0.05) is 17.7 Å². The Morgan fingerprint density at radius 1 is 1.40 bits per heavy atom. The van der Waals surface area contributed by atoms with Crippen LogP contribution in [0, 0.1) is 0 Å². The third-order valence-corrected chi connectivity index (χ3v) is 2.01. The van der Waals surface area contributed by atoms with E-state index < -0.39 is 5.97 Å². The van der Waals surface area contributed by atoms with Crippen LogP contribution in [0.5, 0.6) is 0 Å². The molecule has 78 valence electrons. The summed E-state index contributed by atoms with van der Waals surface area (Å²) in [7, 11) is 1.29. The molecule has 0 aromatic heterocycles. The van der Waals surface area contributed by atoms with E-state index in [0.29, 0.717) is 22.4 Å². The van der Waals surface area contributed by atoms with Crippen LogP contribution in [0.25, 0.3) is 6.08 Å². The van der Waals surface area contributed by atoms with Crippen LogP contribution in [0.15, 0.2) is 24.3 Å². The van der Waals surface area contributed by atoms with Crippen LogP contribution in [0.3, 0.4) is 0 Å². The van der Waals surface area contributed by atoms with Gasteiger partial charge in [0.1, 0.15) is 0 Å². The van der Waals surface area contributed by atoms with Gasteiger partial charge in [0, 0.05) is 16.7 Å². The maximum atomic E-state index is 10.8. The second kappa shape index (κ2) is 5.32.